The predicted molar refractivity (Wildman–Crippen MR) is 82.0 cm³/mol. The smallest absolute Gasteiger partial charge is 0.335 e. The number of carboxylic acids is 1. The van der Waals surface area contributed by atoms with Crippen molar-refractivity contribution in [3.05, 3.63) is 28.2 Å². The Kier molecular flexibility index (Phi) is 4.72. The van der Waals surface area contributed by atoms with Crippen LogP contribution in [-0.4, -0.2) is 61.9 Å². The van der Waals surface area contributed by atoms with Gasteiger partial charge in [-0.05, 0) is 54.6 Å². The zero-order valence-electron chi connectivity index (χ0n) is 11.8. The molecule has 1 saturated heterocycles. The molecule has 1 aliphatic heterocycles. The molecule has 0 aliphatic carbocycles. The van der Waals surface area contributed by atoms with Gasteiger partial charge in [-0.1, -0.05) is 0 Å². The molecule has 116 valence electrons. The second-order valence-corrected chi connectivity index (χ2v) is 7.98. The van der Waals surface area contributed by atoms with Crippen LogP contribution in [-0.2, 0) is 10.0 Å². The average molecular weight is 377 g/mol. The predicted octanol–water partition coefficient (Wildman–Crippen LogP) is 1.47. The van der Waals surface area contributed by atoms with Crippen molar-refractivity contribution in [2.24, 2.45) is 0 Å². The summed E-state index contributed by atoms with van der Waals surface area (Å²) in [5.74, 6) is -1.15. The summed E-state index contributed by atoms with van der Waals surface area (Å²) >= 11 is 3.20. The molecule has 1 aliphatic rings. The topological polar surface area (TPSA) is 77.9 Å². The number of aromatic carboxylic acids is 1. The van der Waals surface area contributed by atoms with E-state index in [0.717, 1.165) is 6.42 Å². The third-order valence-corrected chi connectivity index (χ3v) is 6.51. The van der Waals surface area contributed by atoms with Crippen molar-refractivity contribution in [2.45, 2.75) is 17.4 Å². The van der Waals surface area contributed by atoms with Gasteiger partial charge in [0.2, 0.25) is 10.0 Å². The summed E-state index contributed by atoms with van der Waals surface area (Å²) < 4.78 is 27.1. The van der Waals surface area contributed by atoms with E-state index in [2.05, 4.69) is 15.9 Å². The van der Waals surface area contributed by atoms with Crippen LogP contribution in [0.3, 0.4) is 0 Å². The first-order valence-electron chi connectivity index (χ1n) is 6.43. The number of benzene rings is 1. The zero-order valence-corrected chi connectivity index (χ0v) is 14.2. The summed E-state index contributed by atoms with van der Waals surface area (Å²) in [5, 5.41) is 9.02. The number of likely N-dealkylation sites (N-methyl/N-ethyl adjacent to an activating group) is 1. The fourth-order valence-corrected chi connectivity index (χ4v) is 4.77. The van der Waals surface area contributed by atoms with E-state index in [1.807, 2.05) is 19.0 Å². The van der Waals surface area contributed by atoms with E-state index in [0.29, 0.717) is 17.6 Å². The van der Waals surface area contributed by atoms with Crippen LogP contribution in [0, 0.1) is 0 Å². The second kappa shape index (κ2) is 6.04. The maximum atomic E-state index is 12.7. The lowest BCUT2D eigenvalue weighted by atomic mass is 10.2. The van der Waals surface area contributed by atoms with Gasteiger partial charge < -0.3 is 10.0 Å². The number of nitrogens with zero attached hydrogens (tertiary/aromatic N) is 2. The van der Waals surface area contributed by atoms with Crippen molar-refractivity contribution in [3.63, 3.8) is 0 Å². The van der Waals surface area contributed by atoms with Crippen LogP contribution in [0.25, 0.3) is 0 Å². The van der Waals surface area contributed by atoms with Crippen molar-refractivity contribution < 1.29 is 18.3 Å². The molecule has 6 nitrogen and oxygen atoms in total. The summed E-state index contributed by atoms with van der Waals surface area (Å²) in [6.07, 6.45) is 0.766. The molecule has 1 aromatic carbocycles. The Labute approximate surface area is 132 Å². The SMILES string of the molecule is CN(C)C1CCN(S(=O)(=O)c2cc(C(=O)O)ccc2Br)C1. The molecule has 1 unspecified atom stereocenters. The van der Waals surface area contributed by atoms with Crippen molar-refractivity contribution >= 4 is 31.9 Å². The normalized spacial score (nSPS) is 20.1. The summed E-state index contributed by atoms with van der Waals surface area (Å²) in [6, 6.07) is 4.21. The van der Waals surface area contributed by atoms with E-state index < -0.39 is 16.0 Å². The van der Waals surface area contributed by atoms with Crippen molar-refractivity contribution in [3.8, 4) is 0 Å². The van der Waals surface area contributed by atoms with Gasteiger partial charge in [-0.3, -0.25) is 0 Å². The second-order valence-electron chi connectivity index (χ2n) is 5.22. The summed E-state index contributed by atoms with van der Waals surface area (Å²) in [4.78, 5) is 13.0. The van der Waals surface area contributed by atoms with Crippen LogP contribution in [0.5, 0.6) is 0 Å². The molecular weight excluding hydrogens is 360 g/mol. The average Bonchev–Trinajstić information content (AvgIpc) is 2.89. The van der Waals surface area contributed by atoms with Gasteiger partial charge >= 0.3 is 5.97 Å². The lowest BCUT2D eigenvalue weighted by Crippen LogP contribution is -2.34. The first kappa shape index (κ1) is 16.4. The Balaban J connectivity index is 2.36. The summed E-state index contributed by atoms with van der Waals surface area (Å²) in [6.45, 7) is 0.855. The largest absolute Gasteiger partial charge is 0.478 e. The molecule has 1 fully saturated rings. The molecule has 2 rings (SSSR count). The number of rotatable bonds is 4. The Morgan fingerprint density at radius 1 is 1.43 bits per heavy atom. The maximum absolute atomic E-state index is 12.7. The van der Waals surface area contributed by atoms with Crippen LogP contribution in [0.1, 0.15) is 16.8 Å². The lowest BCUT2D eigenvalue weighted by Gasteiger charge is -2.21. The first-order valence-corrected chi connectivity index (χ1v) is 8.66. The van der Waals surface area contributed by atoms with E-state index in [4.69, 9.17) is 5.11 Å². The fraction of sp³-hybridized carbons (Fsp3) is 0.462. The van der Waals surface area contributed by atoms with Gasteiger partial charge in [0, 0.05) is 23.6 Å². The quantitative estimate of drug-likeness (QED) is 0.860. The van der Waals surface area contributed by atoms with Crippen LogP contribution in [0.2, 0.25) is 0 Å². The molecule has 1 N–H and O–H groups in total. The minimum absolute atomic E-state index is 0.00167. The highest BCUT2D eigenvalue weighted by atomic mass is 79.9. The standard InChI is InChI=1S/C13H17BrN2O4S/c1-15(2)10-5-6-16(8-10)21(19,20)12-7-9(13(17)18)3-4-11(12)14/h3-4,7,10H,5-6,8H2,1-2H3,(H,17,18). The van der Waals surface area contributed by atoms with Crippen LogP contribution < -0.4 is 0 Å². The molecule has 0 amide bonds. The molecule has 21 heavy (non-hydrogen) atoms. The highest BCUT2D eigenvalue weighted by molar-refractivity contribution is 9.10. The van der Waals surface area contributed by atoms with Gasteiger partial charge in [-0.15, -0.1) is 0 Å². The number of hydrogen-bond acceptors (Lipinski definition) is 4. The molecule has 0 spiro atoms. The van der Waals surface area contributed by atoms with Gasteiger partial charge in [-0.25, -0.2) is 13.2 Å². The minimum atomic E-state index is -3.70. The van der Waals surface area contributed by atoms with E-state index in [9.17, 15) is 13.2 Å². The third kappa shape index (κ3) is 3.28. The Morgan fingerprint density at radius 3 is 2.62 bits per heavy atom. The molecule has 1 atom stereocenters. The molecule has 1 aromatic rings. The van der Waals surface area contributed by atoms with Gasteiger partial charge in [0.1, 0.15) is 0 Å². The van der Waals surface area contributed by atoms with Crippen LogP contribution in [0.15, 0.2) is 27.6 Å². The highest BCUT2D eigenvalue weighted by Crippen LogP contribution is 2.29. The Morgan fingerprint density at radius 2 is 2.10 bits per heavy atom. The fourth-order valence-electron chi connectivity index (χ4n) is 2.32. The van der Waals surface area contributed by atoms with Gasteiger partial charge in [0.25, 0.3) is 0 Å². The maximum Gasteiger partial charge on any atom is 0.335 e. The molecule has 8 heteroatoms. The Bertz CT molecular complexity index is 660. The van der Waals surface area contributed by atoms with E-state index in [1.165, 1.54) is 22.5 Å². The highest BCUT2D eigenvalue weighted by Gasteiger charge is 2.34. The van der Waals surface area contributed by atoms with Crippen molar-refractivity contribution in [1.29, 1.82) is 0 Å². The first-order chi connectivity index (χ1) is 9.73. The van der Waals surface area contributed by atoms with Crippen LogP contribution >= 0.6 is 15.9 Å². The number of carboxylic acid groups (broad SMARTS) is 1. The van der Waals surface area contributed by atoms with Gasteiger partial charge in [-0.2, -0.15) is 4.31 Å². The number of hydrogen-bond donors (Lipinski definition) is 1. The molecule has 1 heterocycles. The number of sulfonamides is 1. The summed E-state index contributed by atoms with van der Waals surface area (Å²) in [5.41, 5.74) is -0.0415. The molecular formula is C13H17BrN2O4S. The number of carbonyl (C=O) groups is 1. The number of halogens is 1. The Hall–Kier alpha value is -0.960. The molecule has 0 aromatic heterocycles. The van der Waals surface area contributed by atoms with E-state index in [1.54, 1.807) is 0 Å². The summed E-state index contributed by atoms with van der Waals surface area (Å²) in [7, 11) is 0.141. The third-order valence-electron chi connectivity index (χ3n) is 3.65. The molecule has 0 bridgehead atoms. The molecule has 0 saturated carbocycles. The molecule has 0 radical (unpaired) electrons. The zero-order chi connectivity index (χ0) is 15.8. The lowest BCUT2D eigenvalue weighted by molar-refractivity contribution is 0.0696. The van der Waals surface area contributed by atoms with Crippen molar-refractivity contribution in [1.82, 2.24) is 9.21 Å². The van der Waals surface area contributed by atoms with E-state index in [-0.39, 0.29) is 16.5 Å². The van der Waals surface area contributed by atoms with E-state index >= 15 is 0 Å². The van der Waals surface area contributed by atoms with Crippen molar-refractivity contribution in [2.75, 3.05) is 27.2 Å². The van der Waals surface area contributed by atoms with Gasteiger partial charge in [0.05, 0.1) is 10.5 Å². The van der Waals surface area contributed by atoms with Gasteiger partial charge in [0.15, 0.2) is 0 Å². The monoisotopic (exact) mass is 376 g/mol. The minimum Gasteiger partial charge on any atom is -0.478 e. The van der Waals surface area contributed by atoms with Crippen LogP contribution in [0.4, 0.5) is 0 Å².